The van der Waals surface area contributed by atoms with Crippen LogP contribution in [0.25, 0.3) is 0 Å². The van der Waals surface area contributed by atoms with Crippen LogP contribution in [-0.4, -0.2) is 89.3 Å². The quantitative estimate of drug-likeness (QED) is 0.453. The Bertz CT molecular complexity index is 1270. The molecule has 1 aromatic heterocycles. The van der Waals surface area contributed by atoms with E-state index in [1.54, 1.807) is 42.7 Å². The van der Waals surface area contributed by atoms with E-state index in [-0.39, 0.29) is 30.7 Å². The van der Waals surface area contributed by atoms with E-state index < -0.39 is 6.04 Å². The Morgan fingerprint density at radius 2 is 1.59 bits per heavy atom. The predicted octanol–water partition coefficient (Wildman–Crippen LogP) is 1.75. The molecule has 3 heterocycles. The van der Waals surface area contributed by atoms with E-state index in [0.29, 0.717) is 56.7 Å². The number of nitrogens with zero attached hydrogens (tertiary/aromatic N) is 5. The molecule has 2 aliphatic heterocycles. The van der Waals surface area contributed by atoms with Crippen molar-refractivity contribution < 1.29 is 19.1 Å². The maximum absolute atomic E-state index is 13.2. The fourth-order valence-corrected chi connectivity index (χ4v) is 4.68. The molecule has 11 nitrogen and oxygen atoms in total. The number of para-hydroxylation sites is 1. The molecule has 0 radical (unpaired) electrons. The van der Waals surface area contributed by atoms with Crippen LogP contribution in [0.4, 0.5) is 11.6 Å². The molecular formula is C28H31N7O4. The second-order valence-corrected chi connectivity index (χ2v) is 9.40. The molecule has 39 heavy (non-hydrogen) atoms. The van der Waals surface area contributed by atoms with Crippen LogP contribution in [0.15, 0.2) is 73.1 Å². The van der Waals surface area contributed by atoms with Gasteiger partial charge in [0.25, 0.3) is 0 Å². The summed E-state index contributed by atoms with van der Waals surface area (Å²) in [4.78, 5) is 53.0. The number of aromatic nitrogens is 2. The molecule has 2 aliphatic rings. The van der Waals surface area contributed by atoms with Gasteiger partial charge in [0.05, 0.1) is 13.0 Å². The number of carbonyl (C=O) groups is 3. The van der Waals surface area contributed by atoms with Crippen molar-refractivity contribution in [2.45, 2.75) is 12.5 Å². The van der Waals surface area contributed by atoms with Crippen LogP contribution >= 0.6 is 0 Å². The van der Waals surface area contributed by atoms with Gasteiger partial charge in [-0.1, -0.05) is 18.2 Å². The van der Waals surface area contributed by atoms with Gasteiger partial charge in [0.2, 0.25) is 23.7 Å². The van der Waals surface area contributed by atoms with Crippen LogP contribution in [-0.2, 0) is 14.4 Å². The molecule has 1 atom stereocenters. The first-order valence-electron chi connectivity index (χ1n) is 13.0. The molecule has 2 saturated heterocycles. The van der Waals surface area contributed by atoms with Gasteiger partial charge in [0.1, 0.15) is 17.5 Å². The van der Waals surface area contributed by atoms with Crippen LogP contribution in [0.5, 0.6) is 11.5 Å². The van der Waals surface area contributed by atoms with Crippen molar-refractivity contribution >= 4 is 29.4 Å². The van der Waals surface area contributed by atoms with Crippen molar-refractivity contribution in [3.05, 3.63) is 73.1 Å². The molecule has 5 rings (SSSR count). The van der Waals surface area contributed by atoms with Gasteiger partial charge in [0, 0.05) is 57.3 Å². The van der Waals surface area contributed by atoms with Gasteiger partial charge in [-0.05, 0) is 42.5 Å². The first kappa shape index (κ1) is 26.1. The van der Waals surface area contributed by atoms with E-state index in [0.717, 1.165) is 5.75 Å². The van der Waals surface area contributed by atoms with Gasteiger partial charge in [-0.15, -0.1) is 0 Å². The number of piperazine rings is 2. The zero-order chi connectivity index (χ0) is 27.0. The zero-order valence-electron chi connectivity index (χ0n) is 21.5. The van der Waals surface area contributed by atoms with Gasteiger partial charge in [-0.25, -0.2) is 9.97 Å². The Hall–Kier alpha value is -4.51. The Morgan fingerprint density at radius 1 is 0.897 bits per heavy atom. The summed E-state index contributed by atoms with van der Waals surface area (Å²) in [7, 11) is 0. The van der Waals surface area contributed by atoms with Crippen LogP contribution < -0.4 is 20.3 Å². The lowest BCUT2D eigenvalue weighted by atomic mass is 10.1. The lowest BCUT2D eigenvalue weighted by molar-refractivity contribution is -0.145. The summed E-state index contributed by atoms with van der Waals surface area (Å²) in [6, 6.07) is 17.3. The maximum Gasteiger partial charge on any atom is 0.243 e. The highest BCUT2D eigenvalue weighted by Crippen LogP contribution is 2.23. The molecule has 0 spiro atoms. The monoisotopic (exact) mass is 529 g/mol. The molecule has 2 aromatic carbocycles. The topological polar surface area (TPSA) is 120 Å². The molecule has 11 heteroatoms. The summed E-state index contributed by atoms with van der Waals surface area (Å²) in [6.07, 6.45) is 3.30. The van der Waals surface area contributed by atoms with E-state index in [1.807, 2.05) is 30.3 Å². The average Bonchev–Trinajstić information content (AvgIpc) is 2.96. The molecule has 3 aromatic rings. The number of amides is 3. The minimum absolute atomic E-state index is 0.126. The fourth-order valence-electron chi connectivity index (χ4n) is 4.68. The van der Waals surface area contributed by atoms with Crippen LogP contribution in [0.2, 0.25) is 0 Å². The third-order valence-corrected chi connectivity index (χ3v) is 6.71. The third kappa shape index (κ3) is 6.88. The van der Waals surface area contributed by atoms with Crippen molar-refractivity contribution in [1.82, 2.24) is 25.1 Å². The summed E-state index contributed by atoms with van der Waals surface area (Å²) in [5.74, 6) is 1.22. The fraction of sp³-hybridized carbons (Fsp3) is 0.321. The second kappa shape index (κ2) is 12.4. The lowest BCUT2D eigenvalue weighted by Gasteiger charge is -2.38. The lowest BCUT2D eigenvalue weighted by Crippen LogP contribution is -2.60. The Morgan fingerprint density at radius 3 is 2.31 bits per heavy atom. The minimum Gasteiger partial charge on any atom is -0.457 e. The Labute approximate surface area is 226 Å². The van der Waals surface area contributed by atoms with E-state index >= 15 is 0 Å². The highest BCUT2D eigenvalue weighted by molar-refractivity contribution is 5.97. The van der Waals surface area contributed by atoms with Crippen molar-refractivity contribution in [1.29, 1.82) is 0 Å². The number of hydrogen-bond acceptors (Lipinski definition) is 8. The molecule has 202 valence electrons. The molecular weight excluding hydrogens is 498 g/mol. The van der Waals surface area contributed by atoms with E-state index in [1.165, 1.54) is 4.90 Å². The number of hydrogen-bond donors (Lipinski definition) is 2. The van der Waals surface area contributed by atoms with Gasteiger partial charge in [-0.2, -0.15) is 0 Å². The molecule has 2 N–H and O–H groups in total. The third-order valence-electron chi connectivity index (χ3n) is 6.71. The number of ether oxygens (including phenoxy) is 1. The number of rotatable bonds is 8. The summed E-state index contributed by atoms with van der Waals surface area (Å²) in [6.45, 7) is 3.70. The summed E-state index contributed by atoms with van der Waals surface area (Å²) >= 11 is 0. The first-order valence-corrected chi connectivity index (χ1v) is 13.0. The Balaban J connectivity index is 1.13. The normalized spacial score (nSPS) is 17.8. The van der Waals surface area contributed by atoms with Gasteiger partial charge >= 0.3 is 0 Å². The number of anilines is 2. The standard InChI is InChI=1S/C28H31N7O4/c36-25(32-21-7-9-23(10-8-21)39-22-5-2-1-3-6-22)19-24-27(38)29-13-14-35(24)26(37)20-33-15-17-34(18-16-33)28-30-11-4-12-31-28/h1-12,24H,13-20H2,(H,29,38)(H,32,36)/t24-/m0/s1. The largest absolute Gasteiger partial charge is 0.457 e. The van der Waals surface area contributed by atoms with Crippen LogP contribution in [0.1, 0.15) is 6.42 Å². The smallest absolute Gasteiger partial charge is 0.243 e. The van der Waals surface area contributed by atoms with Crippen LogP contribution in [0, 0.1) is 0 Å². The summed E-state index contributed by atoms with van der Waals surface area (Å²) in [5, 5.41) is 5.60. The maximum atomic E-state index is 13.2. The zero-order valence-corrected chi connectivity index (χ0v) is 21.5. The van der Waals surface area contributed by atoms with E-state index in [2.05, 4.69) is 30.4 Å². The first-order chi connectivity index (χ1) is 19.0. The van der Waals surface area contributed by atoms with Gasteiger partial charge in [-0.3, -0.25) is 19.3 Å². The van der Waals surface area contributed by atoms with Crippen molar-refractivity contribution in [2.75, 3.05) is 56.0 Å². The Kier molecular flexibility index (Phi) is 8.27. The summed E-state index contributed by atoms with van der Waals surface area (Å²) < 4.78 is 5.78. The van der Waals surface area contributed by atoms with E-state index in [9.17, 15) is 14.4 Å². The van der Waals surface area contributed by atoms with Gasteiger partial charge < -0.3 is 25.2 Å². The number of nitrogens with one attached hydrogen (secondary N) is 2. The SMILES string of the molecule is O=C(C[C@H]1C(=O)NCCN1C(=O)CN1CCN(c2ncccn2)CC1)Nc1ccc(Oc2ccccc2)cc1. The summed E-state index contributed by atoms with van der Waals surface area (Å²) in [5.41, 5.74) is 0.578. The van der Waals surface area contributed by atoms with Crippen molar-refractivity contribution in [3.8, 4) is 11.5 Å². The minimum atomic E-state index is -0.856. The molecule has 0 unspecified atom stereocenters. The highest BCUT2D eigenvalue weighted by atomic mass is 16.5. The highest BCUT2D eigenvalue weighted by Gasteiger charge is 2.35. The van der Waals surface area contributed by atoms with Crippen molar-refractivity contribution in [2.24, 2.45) is 0 Å². The number of benzene rings is 2. The van der Waals surface area contributed by atoms with Crippen LogP contribution in [0.3, 0.4) is 0 Å². The molecule has 0 saturated carbocycles. The number of carbonyl (C=O) groups excluding carboxylic acids is 3. The molecule has 0 aliphatic carbocycles. The van der Waals surface area contributed by atoms with Crippen molar-refractivity contribution in [3.63, 3.8) is 0 Å². The molecule has 0 bridgehead atoms. The molecule has 3 amide bonds. The molecule has 2 fully saturated rings. The van der Waals surface area contributed by atoms with E-state index in [4.69, 9.17) is 4.74 Å². The average molecular weight is 530 g/mol. The van der Waals surface area contributed by atoms with Gasteiger partial charge in [0.15, 0.2) is 0 Å². The second-order valence-electron chi connectivity index (χ2n) is 9.40. The predicted molar refractivity (Wildman–Crippen MR) is 145 cm³/mol.